The normalized spacial score (nSPS) is 12.1. The first kappa shape index (κ1) is 17.3. The summed E-state index contributed by atoms with van der Waals surface area (Å²) in [5.74, 6) is -2.11. The number of pyridine rings is 2. The van der Waals surface area contributed by atoms with Crippen molar-refractivity contribution in [2.24, 2.45) is 10.1 Å². The number of nitro groups is 1. The van der Waals surface area contributed by atoms with E-state index in [2.05, 4.69) is 20.0 Å². The average Bonchev–Trinajstić information content (AvgIpc) is 2.56. The molecule has 0 aliphatic rings. The van der Waals surface area contributed by atoms with E-state index in [1.807, 2.05) is 0 Å². The molecule has 124 valence electrons. The van der Waals surface area contributed by atoms with Crippen molar-refractivity contribution < 1.29 is 14.6 Å². The Kier molecular flexibility index (Phi) is 5.74. The Morgan fingerprint density at radius 3 is 2.83 bits per heavy atom. The van der Waals surface area contributed by atoms with Crippen LogP contribution in [-0.4, -0.2) is 33.3 Å². The predicted octanol–water partition coefficient (Wildman–Crippen LogP) is 1.25. The van der Waals surface area contributed by atoms with E-state index in [9.17, 15) is 14.9 Å². The Balaban J connectivity index is 2.37. The fourth-order valence-corrected chi connectivity index (χ4v) is 1.90. The Morgan fingerprint density at radius 1 is 1.42 bits per heavy atom. The zero-order valence-corrected chi connectivity index (χ0v) is 13.3. The number of carbonyl (C=O) groups excluding carboxylic acids is 1. The van der Waals surface area contributed by atoms with Crippen LogP contribution in [0.4, 0.5) is 0 Å². The maximum absolute atomic E-state index is 11.9. The molecular formula is C14H12ClN5O4. The Labute approximate surface area is 141 Å². The number of rotatable bonds is 3. The molecule has 2 aromatic heterocycles. The van der Waals surface area contributed by atoms with E-state index in [4.69, 9.17) is 11.6 Å². The molecule has 0 atom stereocenters. The first-order valence-corrected chi connectivity index (χ1v) is 6.99. The molecule has 0 aliphatic carbocycles. The Bertz CT molecular complexity index is 845. The van der Waals surface area contributed by atoms with Crippen LogP contribution >= 0.6 is 11.6 Å². The molecule has 0 unspecified atom stereocenters. The van der Waals surface area contributed by atoms with Gasteiger partial charge >= 0.3 is 11.7 Å². The second-order valence-corrected chi connectivity index (χ2v) is 4.83. The Hall–Kier alpha value is -3.07. The second-order valence-electron chi connectivity index (χ2n) is 4.45. The number of aromatic nitrogens is 2. The van der Waals surface area contributed by atoms with Gasteiger partial charge in [-0.1, -0.05) is 23.7 Å². The summed E-state index contributed by atoms with van der Waals surface area (Å²) in [6.07, 6.45) is 3.27. The highest BCUT2D eigenvalue weighted by molar-refractivity contribution is 6.34. The Morgan fingerprint density at radius 2 is 2.21 bits per heavy atom. The quantitative estimate of drug-likeness (QED) is 0.272. The number of halogens is 1. The molecule has 2 heterocycles. The van der Waals surface area contributed by atoms with Crippen LogP contribution in [0.15, 0.2) is 52.9 Å². The fourth-order valence-electron chi connectivity index (χ4n) is 1.79. The van der Waals surface area contributed by atoms with Gasteiger partial charge in [0.1, 0.15) is 17.8 Å². The molecule has 0 fully saturated rings. The second kappa shape index (κ2) is 7.97. The van der Waals surface area contributed by atoms with E-state index in [0.29, 0.717) is 11.7 Å². The lowest BCUT2D eigenvalue weighted by Gasteiger charge is -2.06. The van der Waals surface area contributed by atoms with Crippen LogP contribution in [-0.2, 0) is 16.2 Å². The third kappa shape index (κ3) is 4.46. The van der Waals surface area contributed by atoms with Gasteiger partial charge in [0.15, 0.2) is 5.16 Å². The zero-order valence-electron chi connectivity index (χ0n) is 12.5. The van der Waals surface area contributed by atoms with E-state index in [-0.39, 0.29) is 5.49 Å². The minimum atomic E-state index is -1.11. The maximum Gasteiger partial charge on any atom is 0.476 e. The van der Waals surface area contributed by atoms with Crippen molar-refractivity contribution in [1.82, 2.24) is 9.55 Å². The number of carbonyl (C=O) groups is 1. The summed E-state index contributed by atoms with van der Waals surface area (Å²) in [5.41, 5.74) is 1.04. The van der Waals surface area contributed by atoms with Gasteiger partial charge in [0.05, 0.1) is 6.54 Å². The van der Waals surface area contributed by atoms with Crippen LogP contribution in [0.2, 0.25) is 5.15 Å². The molecule has 9 nitrogen and oxygen atoms in total. The first-order chi connectivity index (χ1) is 11.5. The van der Waals surface area contributed by atoms with E-state index in [1.165, 1.54) is 0 Å². The molecule has 0 saturated carbocycles. The summed E-state index contributed by atoms with van der Waals surface area (Å²) in [6.45, 7) is 0.354. The van der Waals surface area contributed by atoms with Gasteiger partial charge in [-0.3, -0.25) is 4.79 Å². The lowest BCUT2D eigenvalue weighted by Crippen LogP contribution is -2.27. The molecule has 0 bridgehead atoms. The third-order valence-corrected chi connectivity index (χ3v) is 3.04. The lowest BCUT2D eigenvalue weighted by molar-refractivity contribution is -0.351. The number of amides is 1. The number of hydrogen-bond acceptors (Lipinski definition) is 6. The fraction of sp³-hybridized carbons (Fsp3) is 0.143. The summed E-state index contributed by atoms with van der Waals surface area (Å²) in [7, 11) is 1.10. The van der Waals surface area contributed by atoms with Gasteiger partial charge in [-0.2, -0.15) is 4.99 Å². The zero-order chi connectivity index (χ0) is 17.5. The summed E-state index contributed by atoms with van der Waals surface area (Å²) in [5, 5.41) is 14.3. The van der Waals surface area contributed by atoms with Crippen LogP contribution in [0, 0.1) is 10.1 Å². The van der Waals surface area contributed by atoms with Crippen LogP contribution in [0.1, 0.15) is 5.56 Å². The standard InChI is InChI=1S/C14H12ClN5O4/c1-24-18-13(20(22)23)14(21)17-12-4-2-3-7-19(12)9-10-5-6-11(15)16-8-10/h2-8H,9H2,1H3. The van der Waals surface area contributed by atoms with Crippen LogP contribution < -0.4 is 5.49 Å². The molecule has 1 amide bonds. The molecule has 0 spiro atoms. The monoisotopic (exact) mass is 349 g/mol. The minimum Gasteiger partial charge on any atom is -0.358 e. The molecular weight excluding hydrogens is 338 g/mol. The third-order valence-electron chi connectivity index (χ3n) is 2.82. The molecule has 0 aromatic carbocycles. The predicted molar refractivity (Wildman–Crippen MR) is 84.8 cm³/mol. The number of hydrogen-bond donors (Lipinski definition) is 0. The molecule has 10 heteroatoms. The summed E-state index contributed by atoms with van der Waals surface area (Å²) < 4.78 is 1.63. The van der Waals surface area contributed by atoms with Gasteiger partial charge in [0.2, 0.25) is 0 Å². The van der Waals surface area contributed by atoms with Crippen molar-refractivity contribution in [2.45, 2.75) is 6.54 Å². The highest BCUT2D eigenvalue weighted by Crippen LogP contribution is 2.06. The molecule has 2 rings (SSSR count). The smallest absolute Gasteiger partial charge is 0.358 e. The van der Waals surface area contributed by atoms with Gasteiger partial charge in [-0.25, -0.2) is 4.98 Å². The maximum atomic E-state index is 11.9. The van der Waals surface area contributed by atoms with Gasteiger partial charge in [-0.15, -0.1) is 0 Å². The van der Waals surface area contributed by atoms with Crippen molar-refractivity contribution in [1.29, 1.82) is 0 Å². The van der Waals surface area contributed by atoms with E-state index < -0.39 is 16.7 Å². The molecule has 0 radical (unpaired) electrons. The first-order valence-electron chi connectivity index (χ1n) is 6.61. The van der Waals surface area contributed by atoms with E-state index in [0.717, 1.165) is 12.7 Å². The van der Waals surface area contributed by atoms with Crippen molar-refractivity contribution in [2.75, 3.05) is 7.11 Å². The molecule has 0 N–H and O–H groups in total. The molecule has 0 saturated heterocycles. The van der Waals surface area contributed by atoms with E-state index >= 15 is 0 Å². The van der Waals surface area contributed by atoms with Crippen LogP contribution in [0.3, 0.4) is 0 Å². The van der Waals surface area contributed by atoms with Crippen LogP contribution in [0.5, 0.6) is 0 Å². The topological polar surface area (TPSA) is 112 Å². The highest BCUT2D eigenvalue weighted by atomic mass is 35.5. The van der Waals surface area contributed by atoms with Crippen molar-refractivity contribution >= 4 is 23.3 Å². The summed E-state index contributed by atoms with van der Waals surface area (Å²) in [6, 6.07) is 8.35. The van der Waals surface area contributed by atoms with Gasteiger partial charge in [0.25, 0.3) is 0 Å². The highest BCUT2D eigenvalue weighted by Gasteiger charge is 2.25. The average molecular weight is 350 g/mol. The number of oxime groups is 1. The summed E-state index contributed by atoms with van der Waals surface area (Å²) >= 11 is 5.74. The molecule has 0 aliphatic heterocycles. The van der Waals surface area contributed by atoms with Gasteiger partial charge < -0.3 is 19.5 Å². The molecule has 24 heavy (non-hydrogen) atoms. The van der Waals surface area contributed by atoms with Crippen LogP contribution in [0.25, 0.3) is 0 Å². The van der Waals surface area contributed by atoms with Gasteiger partial charge in [-0.05, 0) is 28.7 Å². The SMILES string of the molecule is CON=C(C(=O)N=c1ccccn1Cc1ccc(Cl)nc1)[N+](=O)[O-]. The largest absolute Gasteiger partial charge is 0.476 e. The van der Waals surface area contributed by atoms with E-state index in [1.54, 1.807) is 47.3 Å². The van der Waals surface area contributed by atoms with Crippen molar-refractivity contribution in [3.63, 3.8) is 0 Å². The lowest BCUT2D eigenvalue weighted by atomic mass is 10.3. The molecule has 2 aromatic rings. The summed E-state index contributed by atoms with van der Waals surface area (Å²) in [4.78, 5) is 33.8. The van der Waals surface area contributed by atoms with Crippen molar-refractivity contribution in [3.8, 4) is 0 Å². The number of nitrogens with zero attached hydrogens (tertiary/aromatic N) is 5. The van der Waals surface area contributed by atoms with Gasteiger partial charge in [0, 0.05) is 12.4 Å². The minimum absolute atomic E-state index is 0.225. The number of amidine groups is 1. The van der Waals surface area contributed by atoms with Crippen molar-refractivity contribution in [3.05, 3.63) is 69.0 Å².